The van der Waals surface area contributed by atoms with Crippen molar-refractivity contribution in [2.24, 2.45) is 5.92 Å². The van der Waals surface area contributed by atoms with Crippen LogP contribution in [0.15, 0.2) is 30.3 Å². The third-order valence-electron chi connectivity index (χ3n) is 3.15. The van der Waals surface area contributed by atoms with Crippen molar-refractivity contribution in [2.75, 3.05) is 5.32 Å². The molecule has 0 heterocycles. The predicted octanol–water partition coefficient (Wildman–Crippen LogP) is 2.72. The van der Waals surface area contributed by atoms with E-state index in [0.29, 0.717) is 6.42 Å². The summed E-state index contributed by atoms with van der Waals surface area (Å²) in [4.78, 5) is 22.7. The first-order valence-electron chi connectivity index (χ1n) is 6.92. The summed E-state index contributed by atoms with van der Waals surface area (Å²) in [5, 5.41) is 11.2. The Morgan fingerprint density at radius 3 is 2.50 bits per heavy atom. The second-order valence-electron chi connectivity index (χ2n) is 4.89. The Labute approximate surface area is 119 Å². The molecule has 1 unspecified atom stereocenters. The molecule has 1 rings (SSSR count). The molecule has 1 aromatic carbocycles. The molecule has 0 aliphatic heterocycles. The normalized spacial score (nSPS) is 11.7. The zero-order valence-electron chi connectivity index (χ0n) is 11.8. The smallest absolute Gasteiger partial charge is 0.243 e. The Balaban J connectivity index is 2.17. The van der Waals surface area contributed by atoms with E-state index >= 15 is 0 Å². The van der Waals surface area contributed by atoms with Gasteiger partial charge in [-0.25, -0.2) is 5.48 Å². The van der Waals surface area contributed by atoms with E-state index in [0.717, 1.165) is 31.4 Å². The fourth-order valence-electron chi connectivity index (χ4n) is 1.89. The number of amides is 2. The van der Waals surface area contributed by atoms with Crippen LogP contribution in [-0.4, -0.2) is 17.0 Å². The van der Waals surface area contributed by atoms with E-state index in [2.05, 4.69) is 5.32 Å². The van der Waals surface area contributed by atoms with Crippen molar-refractivity contribution in [1.29, 1.82) is 0 Å². The quantitative estimate of drug-likeness (QED) is 0.388. The average Bonchev–Trinajstić information content (AvgIpc) is 2.47. The SMILES string of the molecule is CC(CCCCCC(=O)NO)C(=O)Nc1ccccc1. The topological polar surface area (TPSA) is 78.4 Å². The minimum Gasteiger partial charge on any atom is -0.326 e. The van der Waals surface area contributed by atoms with Crippen LogP contribution in [0.4, 0.5) is 5.69 Å². The van der Waals surface area contributed by atoms with Gasteiger partial charge < -0.3 is 5.32 Å². The number of para-hydroxylation sites is 1. The molecule has 3 N–H and O–H groups in total. The number of anilines is 1. The molecule has 2 amide bonds. The highest BCUT2D eigenvalue weighted by molar-refractivity contribution is 5.92. The molecule has 0 bridgehead atoms. The van der Waals surface area contributed by atoms with E-state index in [-0.39, 0.29) is 17.7 Å². The zero-order valence-corrected chi connectivity index (χ0v) is 11.8. The first-order chi connectivity index (χ1) is 9.63. The maximum atomic E-state index is 11.9. The van der Waals surface area contributed by atoms with Crippen LogP contribution in [0, 0.1) is 5.92 Å². The number of hydroxylamine groups is 1. The van der Waals surface area contributed by atoms with Crippen LogP contribution < -0.4 is 10.8 Å². The van der Waals surface area contributed by atoms with Crippen LogP contribution in [-0.2, 0) is 9.59 Å². The summed E-state index contributed by atoms with van der Waals surface area (Å²) in [5.41, 5.74) is 2.42. The van der Waals surface area contributed by atoms with Crippen molar-refractivity contribution >= 4 is 17.5 Å². The molecule has 0 spiro atoms. The molecule has 1 aromatic rings. The second-order valence-corrected chi connectivity index (χ2v) is 4.89. The van der Waals surface area contributed by atoms with Gasteiger partial charge in [-0.15, -0.1) is 0 Å². The standard InChI is InChI=1S/C15H22N2O3/c1-12(8-4-2-7-11-14(18)17-20)15(19)16-13-9-5-3-6-10-13/h3,5-6,9-10,12,20H,2,4,7-8,11H2,1H3,(H,16,19)(H,17,18). The van der Waals surface area contributed by atoms with Gasteiger partial charge in [-0.3, -0.25) is 14.8 Å². The fraction of sp³-hybridized carbons (Fsp3) is 0.467. The molecule has 1 atom stereocenters. The van der Waals surface area contributed by atoms with Gasteiger partial charge in [0.25, 0.3) is 0 Å². The van der Waals surface area contributed by atoms with Crippen LogP contribution in [0.1, 0.15) is 39.0 Å². The molecular formula is C15H22N2O3. The Bertz CT molecular complexity index is 420. The molecule has 0 saturated carbocycles. The van der Waals surface area contributed by atoms with Crippen LogP contribution in [0.3, 0.4) is 0 Å². The van der Waals surface area contributed by atoms with Crippen LogP contribution in [0.2, 0.25) is 0 Å². The van der Waals surface area contributed by atoms with Crippen molar-refractivity contribution in [1.82, 2.24) is 5.48 Å². The number of benzene rings is 1. The fourth-order valence-corrected chi connectivity index (χ4v) is 1.89. The molecule has 20 heavy (non-hydrogen) atoms. The number of rotatable bonds is 8. The Morgan fingerprint density at radius 1 is 1.15 bits per heavy atom. The number of nitrogens with one attached hydrogen (secondary N) is 2. The van der Waals surface area contributed by atoms with Gasteiger partial charge in [0.1, 0.15) is 0 Å². The number of hydrogen-bond donors (Lipinski definition) is 3. The van der Waals surface area contributed by atoms with E-state index in [1.54, 1.807) is 5.48 Å². The zero-order chi connectivity index (χ0) is 14.8. The third kappa shape index (κ3) is 6.33. The molecule has 0 radical (unpaired) electrons. The van der Waals surface area contributed by atoms with Crippen LogP contribution in [0.5, 0.6) is 0 Å². The molecule has 5 heteroatoms. The second kappa shape index (κ2) is 9.09. The lowest BCUT2D eigenvalue weighted by molar-refractivity contribution is -0.129. The van der Waals surface area contributed by atoms with Gasteiger partial charge in [0.05, 0.1) is 0 Å². The Hall–Kier alpha value is -1.88. The molecule has 110 valence electrons. The summed E-state index contributed by atoms with van der Waals surface area (Å²) in [6.45, 7) is 1.90. The van der Waals surface area contributed by atoms with Crippen molar-refractivity contribution in [3.63, 3.8) is 0 Å². The average molecular weight is 278 g/mol. The van der Waals surface area contributed by atoms with E-state index in [9.17, 15) is 9.59 Å². The predicted molar refractivity (Wildman–Crippen MR) is 77.2 cm³/mol. The summed E-state index contributed by atoms with van der Waals surface area (Å²) >= 11 is 0. The lowest BCUT2D eigenvalue weighted by Gasteiger charge is -2.12. The van der Waals surface area contributed by atoms with Gasteiger partial charge in [0, 0.05) is 18.0 Å². The number of unbranched alkanes of at least 4 members (excludes halogenated alkanes) is 2. The number of hydrogen-bond acceptors (Lipinski definition) is 3. The molecule has 0 fully saturated rings. The summed E-state index contributed by atoms with van der Waals surface area (Å²) in [6.07, 6.45) is 3.60. The van der Waals surface area contributed by atoms with E-state index in [1.165, 1.54) is 0 Å². The number of carbonyl (C=O) groups is 2. The summed E-state index contributed by atoms with van der Waals surface area (Å²) in [6, 6.07) is 9.39. The summed E-state index contributed by atoms with van der Waals surface area (Å²) < 4.78 is 0. The van der Waals surface area contributed by atoms with Crippen LogP contribution >= 0.6 is 0 Å². The third-order valence-corrected chi connectivity index (χ3v) is 3.15. The minimum absolute atomic E-state index is 0.0179. The molecular weight excluding hydrogens is 256 g/mol. The molecule has 5 nitrogen and oxygen atoms in total. The summed E-state index contributed by atoms with van der Waals surface area (Å²) in [7, 11) is 0. The number of carbonyl (C=O) groups excluding carboxylic acids is 2. The van der Waals surface area contributed by atoms with Crippen molar-refractivity contribution in [2.45, 2.75) is 39.0 Å². The lowest BCUT2D eigenvalue weighted by Crippen LogP contribution is -2.20. The Kier molecular flexibility index (Phi) is 7.35. The van der Waals surface area contributed by atoms with Gasteiger partial charge in [-0.1, -0.05) is 38.0 Å². The van der Waals surface area contributed by atoms with Crippen molar-refractivity contribution < 1.29 is 14.8 Å². The first-order valence-corrected chi connectivity index (χ1v) is 6.92. The largest absolute Gasteiger partial charge is 0.326 e. The van der Waals surface area contributed by atoms with E-state index in [1.807, 2.05) is 37.3 Å². The Morgan fingerprint density at radius 2 is 1.85 bits per heavy atom. The highest BCUT2D eigenvalue weighted by Crippen LogP contribution is 2.13. The van der Waals surface area contributed by atoms with Gasteiger partial charge in [0.2, 0.25) is 11.8 Å². The molecule has 0 aromatic heterocycles. The first kappa shape index (κ1) is 16.2. The highest BCUT2D eigenvalue weighted by Gasteiger charge is 2.12. The van der Waals surface area contributed by atoms with Gasteiger partial charge in [-0.05, 0) is 25.0 Å². The van der Waals surface area contributed by atoms with Crippen LogP contribution in [0.25, 0.3) is 0 Å². The van der Waals surface area contributed by atoms with Crippen molar-refractivity contribution in [3.8, 4) is 0 Å². The molecule has 0 saturated heterocycles. The summed E-state index contributed by atoms with van der Waals surface area (Å²) in [5.74, 6) is -0.397. The monoisotopic (exact) mass is 278 g/mol. The van der Waals surface area contributed by atoms with Gasteiger partial charge in [0.15, 0.2) is 0 Å². The van der Waals surface area contributed by atoms with Gasteiger partial charge in [-0.2, -0.15) is 0 Å². The molecule has 0 aliphatic rings. The van der Waals surface area contributed by atoms with E-state index < -0.39 is 0 Å². The molecule has 0 aliphatic carbocycles. The van der Waals surface area contributed by atoms with E-state index in [4.69, 9.17) is 5.21 Å². The van der Waals surface area contributed by atoms with Gasteiger partial charge >= 0.3 is 0 Å². The minimum atomic E-state index is -0.361. The maximum absolute atomic E-state index is 11.9. The maximum Gasteiger partial charge on any atom is 0.243 e. The van der Waals surface area contributed by atoms with Crippen molar-refractivity contribution in [3.05, 3.63) is 30.3 Å². The highest BCUT2D eigenvalue weighted by atomic mass is 16.5. The lowest BCUT2D eigenvalue weighted by atomic mass is 10.0.